The van der Waals surface area contributed by atoms with E-state index in [9.17, 15) is 8.78 Å². The average Bonchev–Trinajstić information content (AvgIpc) is 3.39. The summed E-state index contributed by atoms with van der Waals surface area (Å²) in [6, 6.07) is 11.4. The fraction of sp³-hybridized carbons (Fsp3) is 0.0909. The van der Waals surface area contributed by atoms with Crippen LogP contribution in [-0.2, 0) is 0 Å². The molecule has 0 aliphatic heterocycles. The molecule has 0 aliphatic carbocycles. The van der Waals surface area contributed by atoms with Gasteiger partial charge in [-0.25, -0.2) is 13.3 Å². The van der Waals surface area contributed by atoms with Crippen LogP contribution >= 0.6 is 0 Å². The van der Waals surface area contributed by atoms with Crippen LogP contribution in [0.1, 0.15) is 18.5 Å². The lowest BCUT2D eigenvalue weighted by atomic mass is 10.1. The van der Waals surface area contributed by atoms with E-state index in [4.69, 9.17) is 5.73 Å². The number of nitrogens with zero attached hydrogens (tertiary/aromatic N) is 6. The monoisotopic (exact) mass is 417 g/mol. The lowest BCUT2D eigenvalue weighted by Gasteiger charge is -2.12. The molecule has 0 radical (unpaired) electrons. The molecular formula is C22H17F2N7. The lowest BCUT2D eigenvalue weighted by molar-refractivity contribution is 0.561. The molecule has 1 atom stereocenters. The number of hydrogen-bond acceptors (Lipinski definition) is 5. The Morgan fingerprint density at radius 1 is 1.00 bits per heavy atom. The van der Waals surface area contributed by atoms with Gasteiger partial charge >= 0.3 is 0 Å². The van der Waals surface area contributed by atoms with Crippen molar-refractivity contribution in [1.29, 1.82) is 0 Å². The van der Waals surface area contributed by atoms with Gasteiger partial charge in [0.1, 0.15) is 11.6 Å². The summed E-state index contributed by atoms with van der Waals surface area (Å²) in [6.07, 6.45) is 6.28. The van der Waals surface area contributed by atoms with Crippen LogP contribution in [-0.4, -0.2) is 29.4 Å². The summed E-state index contributed by atoms with van der Waals surface area (Å²) in [6.45, 7) is 1.94. The standard InChI is InChI=1S/C22H17F2N7/c1-13(14-2-4-17(23)5-3-14)31-12-16(10-27-31)18-9-20(26-11-19(18)24)15-6-7-30-21(8-15)28-22(25)29-30/h2-13H,1H3,(H2,25,29). The highest BCUT2D eigenvalue weighted by Crippen LogP contribution is 2.29. The average molecular weight is 417 g/mol. The van der Waals surface area contributed by atoms with Gasteiger partial charge in [-0.05, 0) is 42.8 Å². The number of aromatic nitrogens is 6. The number of hydrogen-bond donors (Lipinski definition) is 1. The second-order valence-corrected chi connectivity index (χ2v) is 7.17. The summed E-state index contributed by atoms with van der Waals surface area (Å²) in [5.41, 5.74) is 9.44. The Bertz CT molecular complexity index is 1390. The molecule has 2 N–H and O–H groups in total. The number of nitrogen functional groups attached to an aromatic ring is 1. The molecule has 0 amide bonds. The smallest absolute Gasteiger partial charge is 0.240 e. The van der Waals surface area contributed by atoms with E-state index in [1.54, 1.807) is 52.1 Å². The van der Waals surface area contributed by atoms with Gasteiger partial charge in [0, 0.05) is 29.1 Å². The van der Waals surface area contributed by atoms with Crippen LogP contribution in [0, 0.1) is 11.6 Å². The van der Waals surface area contributed by atoms with Gasteiger partial charge in [-0.2, -0.15) is 10.1 Å². The molecule has 4 aromatic heterocycles. The second-order valence-electron chi connectivity index (χ2n) is 7.17. The predicted molar refractivity (Wildman–Crippen MR) is 112 cm³/mol. The summed E-state index contributed by atoms with van der Waals surface area (Å²) in [5.74, 6) is -0.575. The molecule has 5 rings (SSSR count). The second kappa shape index (κ2) is 7.28. The molecule has 9 heteroatoms. The van der Waals surface area contributed by atoms with Gasteiger partial charge in [-0.1, -0.05) is 12.1 Å². The number of nitrogens with two attached hydrogens (primary N) is 1. The highest BCUT2D eigenvalue weighted by atomic mass is 19.1. The van der Waals surface area contributed by atoms with Crippen molar-refractivity contribution in [2.24, 2.45) is 0 Å². The van der Waals surface area contributed by atoms with Gasteiger partial charge in [0.05, 0.1) is 24.1 Å². The zero-order chi connectivity index (χ0) is 21.5. The maximum atomic E-state index is 14.6. The summed E-state index contributed by atoms with van der Waals surface area (Å²) >= 11 is 0. The summed E-state index contributed by atoms with van der Waals surface area (Å²) < 4.78 is 31.1. The minimum Gasteiger partial charge on any atom is -0.366 e. The van der Waals surface area contributed by atoms with E-state index in [1.807, 2.05) is 13.0 Å². The number of benzene rings is 1. The summed E-state index contributed by atoms with van der Waals surface area (Å²) in [5, 5.41) is 8.43. The van der Waals surface area contributed by atoms with Gasteiger partial charge < -0.3 is 5.73 Å². The largest absolute Gasteiger partial charge is 0.366 e. The SMILES string of the molecule is CC(c1ccc(F)cc1)n1cc(-c2cc(-c3ccn4nc(N)nc4c3)ncc2F)cn1. The Labute approximate surface area is 175 Å². The Hall–Kier alpha value is -4.14. The minimum absolute atomic E-state index is 0.139. The van der Waals surface area contributed by atoms with E-state index in [0.29, 0.717) is 22.5 Å². The van der Waals surface area contributed by atoms with E-state index >= 15 is 0 Å². The number of rotatable bonds is 4. The van der Waals surface area contributed by atoms with Crippen LogP contribution in [0.5, 0.6) is 0 Å². The van der Waals surface area contributed by atoms with Gasteiger partial charge in [0.25, 0.3) is 0 Å². The summed E-state index contributed by atoms with van der Waals surface area (Å²) in [4.78, 5) is 8.37. The van der Waals surface area contributed by atoms with Crippen molar-refractivity contribution in [3.8, 4) is 22.4 Å². The molecule has 0 bridgehead atoms. The Kier molecular flexibility index (Phi) is 4.43. The first-order valence-electron chi connectivity index (χ1n) is 9.56. The zero-order valence-corrected chi connectivity index (χ0v) is 16.4. The number of halogens is 2. The molecule has 154 valence electrons. The van der Waals surface area contributed by atoms with Crippen LogP contribution in [0.3, 0.4) is 0 Å². The zero-order valence-electron chi connectivity index (χ0n) is 16.4. The van der Waals surface area contributed by atoms with E-state index in [2.05, 4.69) is 20.2 Å². The van der Waals surface area contributed by atoms with Crippen LogP contribution in [0.25, 0.3) is 28.0 Å². The molecule has 0 fully saturated rings. The molecule has 0 saturated carbocycles. The molecule has 31 heavy (non-hydrogen) atoms. The third-order valence-corrected chi connectivity index (χ3v) is 5.17. The third kappa shape index (κ3) is 3.50. The van der Waals surface area contributed by atoms with Crippen molar-refractivity contribution in [3.05, 3.63) is 84.4 Å². The molecule has 1 aromatic carbocycles. The Morgan fingerprint density at radius 3 is 2.61 bits per heavy atom. The molecule has 0 spiro atoms. The van der Waals surface area contributed by atoms with Gasteiger partial charge in [-0.3, -0.25) is 9.67 Å². The van der Waals surface area contributed by atoms with Gasteiger partial charge in [0.2, 0.25) is 5.95 Å². The topological polar surface area (TPSA) is 86.9 Å². The van der Waals surface area contributed by atoms with Crippen molar-refractivity contribution in [3.63, 3.8) is 0 Å². The van der Waals surface area contributed by atoms with E-state index < -0.39 is 5.82 Å². The fourth-order valence-electron chi connectivity index (χ4n) is 3.46. The van der Waals surface area contributed by atoms with E-state index in [0.717, 1.165) is 11.1 Å². The normalized spacial score (nSPS) is 12.4. The van der Waals surface area contributed by atoms with Crippen LogP contribution in [0.4, 0.5) is 14.7 Å². The molecular weight excluding hydrogens is 400 g/mol. The molecule has 0 aliphatic rings. The highest BCUT2D eigenvalue weighted by molar-refractivity contribution is 5.71. The fourth-order valence-corrected chi connectivity index (χ4v) is 3.46. The Morgan fingerprint density at radius 2 is 1.81 bits per heavy atom. The highest BCUT2D eigenvalue weighted by Gasteiger charge is 2.15. The minimum atomic E-state index is -0.453. The maximum Gasteiger partial charge on any atom is 0.240 e. The first kappa shape index (κ1) is 18.9. The summed E-state index contributed by atoms with van der Waals surface area (Å²) in [7, 11) is 0. The predicted octanol–water partition coefficient (Wildman–Crippen LogP) is 4.12. The Balaban J connectivity index is 1.50. The molecule has 7 nitrogen and oxygen atoms in total. The van der Waals surface area contributed by atoms with Crippen LogP contribution in [0.2, 0.25) is 0 Å². The first-order valence-corrected chi connectivity index (χ1v) is 9.56. The van der Waals surface area contributed by atoms with Crippen LogP contribution in [0.15, 0.2) is 67.3 Å². The number of pyridine rings is 2. The molecule has 4 heterocycles. The van der Waals surface area contributed by atoms with Crippen molar-refractivity contribution >= 4 is 11.6 Å². The lowest BCUT2D eigenvalue weighted by Crippen LogP contribution is -2.06. The van der Waals surface area contributed by atoms with Crippen LogP contribution < -0.4 is 5.73 Å². The molecule has 0 saturated heterocycles. The third-order valence-electron chi connectivity index (χ3n) is 5.17. The van der Waals surface area contributed by atoms with E-state index in [1.165, 1.54) is 18.3 Å². The van der Waals surface area contributed by atoms with Crippen molar-refractivity contribution < 1.29 is 8.78 Å². The van der Waals surface area contributed by atoms with Crippen molar-refractivity contribution in [2.45, 2.75) is 13.0 Å². The molecule has 5 aromatic rings. The quantitative estimate of drug-likeness (QED) is 0.475. The van der Waals surface area contributed by atoms with E-state index in [-0.39, 0.29) is 17.8 Å². The number of fused-ring (bicyclic) bond motifs is 1. The van der Waals surface area contributed by atoms with Gasteiger partial charge in [0.15, 0.2) is 5.65 Å². The maximum absolute atomic E-state index is 14.6. The van der Waals surface area contributed by atoms with Crippen molar-refractivity contribution in [2.75, 3.05) is 5.73 Å². The van der Waals surface area contributed by atoms with Crippen molar-refractivity contribution in [1.82, 2.24) is 29.4 Å². The van der Waals surface area contributed by atoms with Gasteiger partial charge in [-0.15, -0.1) is 5.10 Å². The first-order chi connectivity index (χ1) is 15.0. The number of anilines is 1. The molecule has 1 unspecified atom stereocenters.